The summed E-state index contributed by atoms with van der Waals surface area (Å²) in [6, 6.07) is 6.75. The van der Waals surface area contributed by atoms with Crippen molar-refractivity contribution in [3.63, 3.8) is 0 Å². The highest BCUT2D eigenvalue weighted by atomic mass is 35.5. The largest absolute Gasteiger partial charge is 0.490 e. The highest BCUT2D eigenvalue weighted by molar-refractivity contribution is 6.35. The molecule has 7 rings (SSSR count). The third-order valence-corrected chi connectivity index (χ3v) is 10.4. The van der Waals surface area contributed by atoms with E-state index in [2.05, 4.69) is 45.4 Å². The van der Waals surface area contributed by atoms with Crippen LogP contribution in [-0.2, 0) is 9.59 Å². The number of benzene rings is 2. The number of fused-ring (bicyclic) bond motifs is 4. The molecular formula is C36H37ClF7N9O4. The van der Waals surface area contributed by atoms with Gasteiger partial charge in [-0.1, -0.05) is 18.5 Å². The molecule has 5 aromatic rings. The van der Waals surface area contributed by atoms with E-state index in [1.807, 2.05) is 36.9 Å². The van der Waals surface area contributed by atoms with Crippen LogP contribution in [0.25, 0.3) is 43.8 Å². The number of piperidine rings is 1. The standard InChI is InChI=1S/C32H35ClFN9.2C2HF3O2/c1-5-41(4)21-15-42(16-21)32-24-14-38-43(20-7-9-36-19(11-20)6-8-35)31(24)22-12-25(33)28(29(34)30(22)39-32)27-18(3)17(2)10-26-23(27)13-37-40-26;2*3-2(4,5)1(6)7/h10,12-14,19-21,36H,5-7,9,11,15-16H2,1-4H3,(H,37,40);2*(H,6,7)/t19-,20+;;/m1../s1. The van der Waals surface area contributed by atoms with Crippen LogP contribution in [0.4, 0.5) is 36.6 Å². The van der Waals surface area contributed by atoms with Gasteiger partial charge in [-0.3, -0.25) is 9.78 Å². The van der Waals surface area contributed by atoms with Gasteiger partial charge in [0.2, 0.25) is 0 Å². The first kappa shape index (κ1) is 42.9. The fourth-order valence-corrected chi connectivity index (χ4v) is 7.18. The van der Waals surface area contributed by atoms with Gasteiger partial charge in [0.25, 0.3) is 0 Å². The summed E-state index contributed by atoms with van der Waals surface area (Å²) in [4.78, 5) is 27.4. The van der Waals surface area contributed by atoms with Crippen molar-refractivity contribution in [2.75, 3.05) is 38.1 Å². The zero-order chi connectivity index (χ0) is 42.1. The van der Waals surface area contributed by atoms with Crippen molar-refractivity contribution >= 4 is 62.1 Å². The zero-order valence-electron chi connectivity index (χ0n) is 30.9. The van der Waals surface area contributed by atoms with Crippen molar-refractivity contribution < 1.29 is 50.5 Å². The predicted molar refractivity (Wildman–Crippen MR) is 197 cm³/mol. The van der Waals surface area contributed by atoms with Crippen LogP contribution >= 0.6 is 11.6 Å². The summed E-state index contributed by atoms with van der Waals surface area (Å²) in [6.07, 6.45) is -4.50. The number of likely N-dealkylation sites (N-methyl/N-ethyl adjacent to an activating group) is 1. The number of rotatable bonds is 6. The van der Waals surface area contributed by atoms with Crippen molar-refractivity contribution in [3.8, 4) is 17.2 Å². The number of carboxylic acid groups (broad SMARTS) is 2. The first-order valence-corrected chi connectivity index (χ1v) is 17.9. The van der Waals surface area contributed by atoms with E-state index in [9.17, 15) is 31.6 Å². The minimum Gasteiger partial charge on any atom is -0.475 e. The van der Waals surface area contributed by atoms with E-state index in [4.69, 9.17) is 41.5 Å². The van der Waals surface area contributed by atoms with Gasteiger partial charge in [0.05, 0.1) is 52.4 Å². The van der Waals surface area contributed by atoms with Gasteiger partial charge >= 0.3 is 24.3 Å². The Morgan fingerprint density at radius 2 is 1.67 bits per heavy atom. The number of hydrogen-bond acceptors (Lipinski definition) is 9. The Labute approximate surface area is 325 Å². The molecule has 2 aliphatic heterocycles. The van der Waals surface area contributed by atoms with Crippen LogP contribution in [0, 0.1) is 31.0 Å². The lowest BCUT2D eigenvalue weighted by atomic mass is 9.92. The monoisotopic (exact) mass is 827 g/mol. The minimum atomic E-state index is -5.08. The van der Waals surface area contributed by atoms with Gasteiger partial charge in [-0.25, -0.2) is 19.0 Å². The average Bonchev–Trinajstić information content (AvgIpc) is 3.77. The molecule has 0 bridgehead atoms. The molecule has 2 aliphatic rings. The molecule has 57 heavy (non-hydrogen) atoms. The lowest BCUT2D eigenvalue weighted by Gasteiger charge is -2.44. The third kappa shape index (κ3) is 8.84. The molecule has 306 valence electrons. The number of aromatic nitrogens is 5. The number of anilines is 1. The van der Waals surface area contributed by atoms with E-state index in [1.165, 1.54) is 0 Å². The molecule has 2 atom stereocenters. The van der Waals surface area contributed by atoms with Gasteiger partial charge in [0, 0.05) is 47.1 Å². The Bertz CT molecular complexity index is 2330. The summed E-state index contributed by atoms with van der Waals surface area (Å²) in [6.45, 7) is 9.54. The maximum Gasteiger partial charge on any atom is 0.490 e. The smallest absolute Gasteiger partial charge is 0.475 e. The van der Waals surface area contributed by atoms with E-state index in [-0.39, 0.29) is 17.6 Å². The second kappa shape index (κ2) is 16.7. The Hall–Kier alpha value is -5.26. The molecule has 0 amide bonds. The summed E-state index contributed by atoms with van der Waals surface area (Å²) >= 11 is 7.03. The molecule has 3 aromatic heterocycles. The van der Waals surface area contributed by atoms with E-state index >= 15 is 4.39 Å². The Kier molecular flexibility index (Phi) is 12.5. The van der Waals surface area contributed by atoms with Crippen molar-refractivity contribution in [3.05, 3.63) is 46.5 Å². The van der Waals surface area contributed by atoms with Gasteiger partial charge in [0.1, 0.15) is 11.3 Å². The number of pyridine rings is 1. The lowest BCUT2D eigenvalue weighted by molar-refractivity contribution is -0.193. The van der Waals surface area contributed by atoms with Gasteiger partial charge in [-0.05, 0) is 70.1 Å². The van der Waals surface area contributed by atoms with E-state index in [0.717, 1.165) is 83.3 Å². The molecule has 0 radical (unpaired) electrons. The van der Waals surface area contributed by atoms with Gasteiger partial charge in [-0.15, -0.1) is 0 Å². The summed E-state index contributed by atoms with van der Waals surface area (Å²) in [7, 11) is 2.13. The summed E-state index contributed by atoms with van der Waals surface area (Å²) < 4.78 is 82.6. The van der Waals surface area contributed by atoms with Crippen LogP contribution < -0.4 is 10.2 Å². The maximum atomic E-state index is 17.1. The fourth-order valence-electron chi connectivity index (χ4n) is 6.89. The fraction of sp³-hybridized carbons (Fsp3) is 0.444. The van der Waals surface area contributed by atoms with Crippen LogP contribution in [0.15, 0.2) is 24.5 Å². The predicted octanol–water partition coefficient (Wildman–Crippen LogP) is 7.15. The van der Waals surface area contributed by atoms with Crippen LogP contribution in [0.2, 0.25) is 5.02 Å². The number of aromatic amines is 1. The molecule has 0 saturated carbocycles. The van der Waals surface area contributed by atoms with Crippen LogP contribution in [0.5, 0.6) is 0 Å². The highest BCUT2D eigenvalue weighted by Crippen LogP contribution is 2.45. The molecule has 0 aliphatic carbocycles. The van der Waals surface area contributed by atoms with Crippen molar-refractivity contribution in [1.29, 1.82) is 5.26 Å². The molecule has 0 unspecified atom stereocenters. The molecule has 13 nitrogen and oxygen atoms in total. The number of aryl methyl sites for hydroxylation is 1. The number of carboxylic acids is 2. The molecule has 2 aromatic carbocycles. The number of nitrogens with zero attached hydrogens (tertiary/aromatic N) is 7. The van der Waals surface area contributed by atoms with Crippen LogP contribution in [0.1, 0.15) is 43.4 Å². The molecule has 0 spiro atoms. The van der Waals surface area contributed by atoms with E-state index < -0.39 is 30.1 Å². The lowest BCUT2D eigenvalue weighted by Crippen LogP contribution is -2.58. The molecule has 2 fully saturated rings. The van der Waals surface area contributed by atoms with E-state index in [1.54, 1.807) is 6.20 Å². The van der Waals surface area contributed by atoms with Gasteiger partial charge < -0.3 is 25.3 Å². The molecule has 21 heteroatoms. The zero-order valence-corrected chi connectivity index (χ0v) is 31.6. The first-order valence-electron chi connectivity index (χ1n) is 17.5. The van der Waals surface area contributed by atoms with Gasteiger partial charge in [0.15, 0.2) is 5.82 Å². The number of hydrogen-bond donors (Lipinski definition) is 4. The quantitative estimate of drug-likeness (QED) is 0.128. The molecule has 5 heterocycles. The minimum absolute atomic E-state index is 0.0667. The second-order valence-corrected chi connectivity index (χ2v) is 14.1. The number of halogens is 8. The number of nitriles is 1. The number of H-pyrrole nitrogens is 1. The van der Waals surface area contributed by atoms with E-state index in [0.29, 0.717) is 28.4 Å². The average molecular weight is 828 g/mol. The highest BCUT2D eigenvalue weighted by Gasteiger charge is 2.39. The first-order chi connectivity index (χ1) is 26.7. The molecule has 2 saturated heterocycles. The van der Waals surface area contributed by atoms with Crippen molar-refractivity contribution in [2.45, 2.75) is 70.5 Å². The Morgan fingerprint density at radius 1 is 1.04 bits per heavy atom. The Morgan fingerprint density at radius 3 is 2.25 bits per heavy atom. The van der Waals surface area contributed by atoms with Crippen LogP contribution in [-0.4, -0.2) is 110 Å². The summed E-state index contributed by atoms with van der Waals surface area (Å²) in [5.74, 6) is -5.20. The number of alkyl halides is 6. The SMILES string of the molecule is CCN(C)C1CN(c2nc3c(F)c(-c4c(C)c(C)cc5[nH]ncc45)c(Cl)cc3c3c2cnn3[C@H]2CCN[C@H](CC#N)C2)C1.O=C(O)C(F)(F)F.O=C(O)C(F)(F)F. The summed E-state index contributed by atoms with van der Waals surface area (Å²) in [5, 5.41) is 41.9. The normalized spacial score (nSPS) is 17.5. The summed E-state index contributed by atoms with van der Waals surface area (Å²) in [5.41, 5.74) is 5.01. The van der Waals surface area contributed by atoms with Crippen molar-refractivity contribution in [1.82, 2.24) is 35.2 Å². The maximum absolute atomic E-state index is 17.1. The Balaban J connectivity index is 0.000000380. The topological polar surface area (TPSA) is 176 Å². The third-order valence-electron chi connectivity index (χ3n) is 10.1. The van der Waals surface area contributed by atoms with Crippen LogP contribution in [0.3, 0.4) is 0 Å². The second-order valence-electron chi connectivity index (χ2n) is 13.7. The molecule has 4 N–H and O–H groups in total. The molecular weight excluding hydrogens is 791 g/mol. The number of aliphatic carboxylic acids is 2. The number of carbonyl (C=O) groups is 2. The number of nitrogens with one attached hydrogen (secondary N) is 2. The van der Waals surface area contributed by atoms with Crippen molar-refractivity contribution in [2.24, 2.45) is 0 Å². The van der Waals surface area contributed by atoms with Gasteiger partial charge in [-0.2, -0.15) is 41.8 Å².